The molecule has 0 fully saturated rings. The summed E-state index contributed by atoms with van der Waals surface area (Å²) in [6.45, 7) is 16.7. The van der Waals surface area contributed by atoms with Gasteiger partial charge in [-0.3, -0.25) is 9.98 Å². The Hall–Kier alpha value is -3.48. The van der Waals surface area contributed by atoms with Gasteiger partial charge in [0.1, 0.15) is 11.5 Å². The van der Waals surface area contributed by atoms with E-state index in [9.17, 15) is 10.2 Å². The fourth-order valence-electron chi connectivity index (χ4n) is 4.91. The lowest BCUT2D eigenvalue weighted by atomic mass is 9.84. The Morgan fingerprint density at radius 1 is 0.591 bits per heavy atom. The minimum atomic E-state index is -0.161. The van der Waals surface area contributed by atoms with Gasteiger partial charge < -0.3 is 10.2 Å². The maximum absolute atomic E-state index is 11.0. The number of phenolic OH excluding ortho intramolecular Hbond substituents is 2. The Morgan fingerprint density at radius 3 is 1.32 bits per heavy atom. The first-order chi connectivity index (χ1) is 20.7. The number of rotatable bonds is 9. The van der Waals surface area contributed by atoms with Gasteiger partial charge in [0.2, 0.25) is 0 Å². The predicted octanol–water partition coefficient (Wildman–Crippen LogP) is 10.7. The fraction of sp³-hybridized carbons (Fsp3) is 0.316. The molecule has 4 aromatic carbocycles. The molecule has 0 aromatic heterocycles. The summed E-state index contributed by atoms with van der Waals surface area (Å²) in [4.78, 5) is 11.8. The molecule has 6 heteroatoms. The van der Waals surface area contributed by atoms with Gasteiger partial charge in [-0.05, 0) is 72.2 Å². The minimum absolute atomic E-state index is 0.161. The van der Waals surface area contributed by atoms with Gasteiger partial charge >= 0.3 is 0 Å². The lowest BCUT2D eigenvalue weighted by Gasteiger charge is -2.22. The van der Waals surface area contributed by atoms with Crippen molar-refractivity contribution in [3.63, 3.8) is 0 Å². The van der Waals surface area contributed by atoms with Crippen molar-refractivity contribution in [3.05, 3.63) is 106 Å². The Labute approximate surface area is 271 Å². The third-order valence-corrected chi connectivity index (χ3v) is 9.59. The van der Waals surface area contributed by atoms with E-state index in [1.807, 2.05) is 74.5 Å². The van der Waals surface area contributed by atoms with Crippen molar-refractivity contribution in [2.75, 3.05) is 11.5 Å². The Morgan fingerprint density at radius 2 is 0.955 bits per heavy atom. The van der Waals surface area contributed by atoms with Gasteiger partial charge in [0.15, 0.2) is 0 Å². The van der Waals surface area contributed by atoms with Crippen LogP contribution in [0.4, 0.5) is 11.4 Å². The molecule has 0 unspecified atom stereocenters. The van der Waals surface area contributed by atoms with E-state index in [2.05, 4.69) is 53.7 Å². The van der Waals surface area contributed by atoms with E-state index >= 15 is 0 Å². The minimum Gasteiger partial charge on any atom is -0.507 e. The van der Waals surface area contributed by atoms with Gasteiger partial charge in [-0.2, -0.15) is 0 Å². The number of phenols is 2. The van der Waals surface area contributed by atoms with E-state index in [4.69, 9.17) is 9.98 Å². The zero-order valence-corrected chi connectivity index (χ0v) is 28.7. The van der Waals surface area contributed by atoms with Crippen molar-refractivity contribution < 1.29 is 10.2 Å². The molecule has 0 saturated carbocycles. The second-order valence-electron chi connectivity index (χ2n) is 13.1. The second kappa shape index (κ2) is 14.1. The van der Waals surface area contributed by atoms with E-state index in [0.717, 1.165) is 66.1 Å². The zero-order valence-electron chi connectivity index (χ0n) is 27.1. The summed E-state index contributed by atoms with van der Waals surface area (Å²) in [5, 5.41) is 21.9. The number of hydrogen-bond acceptors (Lipinski definition) is 6. The molecule has 0 heterocycles. The van der Waals surface area contributed by atoms with Gasteiger partial charge in [-0.15, -0.1) is 23.5 Å². The molecular weight excluding hydrogens is 581 g/mol. The molecule has 0 radical (unpaired) electrons. The summed E-state index contributed by atoms with van der Waals surface area (Å²) < 4.78 is 0. The van der Waals surface area contributed by atoms with E-state index in [1.54, 1.807) is 36.0 Å². The molecule has 0 spiro atoms. The molecule has 0 bridgehead atoms. The average molecular weight is 625 g/mol. The third kappa shape index (κ3) is 8.58. The van der Waals surface area contributed by atoms with Crippen LogP contribution in [0.3, 0.4) is 0 Å². The van der Waals surface area contributed by atoms with Crippen molar-refractivity contribution in [3.8, 4) is 11.5 Å². The van der Waals surface area contributed by atoms with Gasteiger partial charge in [0.05, 0.1) is 11.4 Å². The molecule has 0 aliphatic heterocycles. The van der Waals surface area contributed by atoms with Gasteiger partial charge in [0.25, 0.3) is 0 Å². The molecule has 4 nitrogen and oxygen atoms in total. The van der Waals surface area contributed by atoms with E-state index in [1.165, 1.54) is 0 Å². The lowest BCUT2D eigenvalue weighted by Crippen LogP contribution is -2.12. The van der Waals surface area contributed by atoms with Crippen LogP contribution in [-0.2, 0) is 10.8 Å². The molecule has 4 rings (SSSR count). The van der Waals surface area contributed by atoms with Crippen LogP contribution in [0.1, 0.15) is 74.9 Å². The molecule has 0 atom stereocenters. The highest BCUT2D eigenvalue weighted by molar-refractivity contribution is 8.03. The number of aliphatic imine (C=N–C) groups is 2. The Bertz CT molecular complexity index is 1550. The van der Waals surface area contributed by atoms with E-state index < -0.39 is 0 Å². The maximum atomic E-state index is 11.0. The van der Waals surface area contributed by atoms with Gasteiger partial charge in [0, 0.05) is 56.0 Å². The number of aryl methyl sites for hydroxylation is 2. The highest BCUT2D eigenvalue weighted by Crippen LogP contribution is 2.37. The Balaban J connectivity index is 1.44. The molecule has 4 aromatic rings. The molecule has 0 aliphatic rings. The van der Waals surface area contributed by atoms with Crippen molar-refractivity contribution >= 4 is 47.3 Å². The third-order valence-electron chi connectivity index (χ3n) is 7.20. The summed E-state index contributed by atoms with van der Waals surface area (Å²) >= 11 is 3.54. The molecular formula is C38H44N2O2S2. The van der Waals surface area contributed by atoms with E-state index in [-0.39, 0.29) is 10.8 Å². The first kappa shape index (κ1) is 33.4. The SMILES string of the molecule is Cc1cc(C=Nc2ccccc2SCCSc2ccccc2N=Cc2cc(C)cc(C(C)(C)C)c2O)c(O)c(C(C)(C)C)c1. The van der Waals surface area contributed by atoms with Crippen molar-refractivity contribution in [2.24, 2.45) is 9.98 Å². The maximum Gasteiger partial charge on any atom is 0.128 e. The van der Waals surface area contributed by atoms with Crippen LogP contribution in [0.5, 0.6) is 11.5 Å². The molecule has 0 saturated heterocycles. The normalized spacial score (nSPS) is 12.5. The fourth-order valence-corrected chi connectivity index (χ4v) is 6.90. The summed E-state index contributed by atoms with van der Waals surface area (Å²) in [5.74, 6) is 2.38. The highest BCUT2D eigenvalue weighted by Gasteiger charge is 2.21. The van der Waals surface area contributed by atoms with Crippen molar-refractivity contribution in [2.45, 2.75) is 76.0 Å². The van der Waals surface area contributed by atoms with E-state index in [0.29, 0.717) is 11.5 Å². The lowest BCUT2D eigenvalue weighted by molar-refractivity contribution is 0.445. The van der Waals surface area contributed by atoms with Gasteiger partial charge in [-0.1, -0.05) is 77.9 Å². The predicted molar refractivity (Wildman–Crippen MR) is 192 cm³/mol. The average Bonchev–Trinajstić information content (AvgIpc) is 2.95. The first-order valence-electron chi connectivity index (χ1n) is 14.9. The van der Waals surface area contributed by atoms with Crippen LogP contribution < -0.4 is 0 Å². The number of aromatic hydroxyl groups is 2. The zero-order chi connectivity index (χ0) is 32.1. The monoisotopic (exact) mass is 624 g/mol. The number of nitrogens with zero attached hydrogens (tertiary/aromatic N) is 2. The number of thioether (sulfide) groups is 2. The molecule has 0 aliphatic carbocycles. The first-order valence-corrected chi connectivity index (χ1v) is 16.9. The van der Waals surface area contributed by atoms with Crippen molar-refractivity contribution in [1.29, 1.82) is 0 Å². The summed E-state index contributed by atoms with van der Waals surface area (Å²) in [5.41, 5.74) is 6.97. The number of hydrogen-bond donors (Lipinski definition) is 2. The van der Waals surface area contributed by atoms with Crippen LogP contribution in [0, 0.1) is 13.8 Å². The summed E-state index contributed by atoms with van der Waals surface area (Å²) in [6.07, 6.45) is 3.55. The van der Waals surface area contributed by atoms with Crippen LogP contribution in [0.25, 0.3) is 0 Å². The van der Waals surface area contributed by atoms with Gasteiger partial charge in [-0.25, -0.2) is 0 Å². The highest BCUT2D eigenvalue weighted by atomic mass is 32.2. The van der Waals surface area contributed by atoms with Crippen LogP contribution >= 0.6 is 23.5 Å². The molecule has 230 valence electrons. The van der Waals surface area contributed by atoms with Crippen LogP contribution in [-0.4, -0.2) is 34.1 Å². The standard InChI is InChI=1S/C38H44N2O2S2/c1-25-19-27(35(41)29(21-25)37(3,4)5)23-39-31-13-9-11-15-33(31)43-17-18-44-34-16-12-10-14-32(34)40-24-28-20-26(2)22-30(36(28)42)38(6,7)8/h9-16,19-24,41-42H,17-18H2,1-8H3. The molecule has 44 heavy (non-hydrogen) atoms. The Kier molecular flexibility index (Phi) is 10.7. The molecule has 2 N–H and O–H groups in total. The van der Waals surface area contributed by atoms with Crippen molar-refractivity contribution in [1.82, 2.24) is 0 Å². The smallest absolute Gasteiger partial charge is 0.128 e. The largest absolute Gasteiger partial charge is 0.507 e. The summed E-state index contributed by atoms with van der Waals surface area (Å²) in [6, 6.07) is 24.3. The number of para-hydroxylation sites is 2. The molecule has 0 amide bonds. The summed E-state index contributed by atoms with van der Waals surface area (Å²) in [7, 11) is 0. The quantitative estimate of drug-likeness (QED) is 0.110. The van der Waals surface area contributed by atoms with Crippen LogP contribution in [0.2, 0.25) is 0 Å². The van der Waals surface area contributed by atoms with Crippen LogP contribution in [0.15, 0.2) is 92.6 Å². The number of benzene rings is 4. The second-order valence-corrected chi connectivity index (χ2v) is 15.4. The topological polar surface area (TPSA) is 65.2 Å².